The third-order valence-electron chi connectivity index (χ3n) is 4.40. The van der Waals surface area contributed by atoms with E-state index in [1.54, 1.807) is 72.8 Å². The van der Waals surface area contributed by atoms with Crippen LogP contribution in [0.3, 0.4) is 0 Å². The summed E-state index contributed by atoms with van der Waals surface area (Å²) in [6.07, 6.45) is 0. The van der Waals surface area contributed by atoms with Crippen LogP contribution in [0.1, 0.15) is 19.3 Å². The molecule has 4 rings (SSSR count). The Morgan fingerprint density at radius 1 is 0.629 bits per heavy atom. The van der Waals surface area contributed by atoms with Crippen LogP contribution in [0.15, 0.2) is 83.6 Å². The molecule has 2 aromatic heterocycles. The van der Waals surface area contributed by atoms with E-state index >= 15 is 0 Å². The van der Waals surface area contributed by atoms with Gasteiger partial charge in [-0.1, -0.05) is 12.1 Å². The van der Waals surface area contributed by atoms with Crippen molar-refractivity contribution in [2.75, 3.05) is 10.6 Å². The number of anilines is 2. The number of hydrogen-bond donors (Lipinski definition) is 4. The number of ether oxygens (including phenoxy) is 1. The van der Waals surface area contributed by atoms with Gasteiger partial charge in [0.25, 0.3) is 11.8 Å². The molecule has 35 heavy (non-hydrogen) atoms. The van der Waals surface area contributed by atoms with Crippen LogP contribution in [0.25, 0.3) is 0 Å². The maximum absolute atomic E-state index is 12.1. The van der Waals surface area contributed by atoms with Gasteiger partial charge in [-0.15, -0.1) is 22.7 Å². The van der Waals surface area contributed by atoms with Crippen molar-refractivity contribution in [1.82, 2.24) is 10.6 Å². The van der Waals surface area contributed by atoms with E-state index in [-0.39, 0.29) is 22.0 Å². The Morgan fingerprint density at radius 2 is 1.03 bits per heavy atom. The lowest BCUT2D eigenvalue weighted by Gasteiger charge is -2.11. The third kappa shape index (κ3) is 7.17. The minimum absolute atomic E-state index is 0.213. The lowest BCUT2D eigenvalue weighted by atomic mass is 10.3. The predicted octanol–water partition coefficient (Wildman–Crippen LogP) is 5.86. The summed E-state index contributed by atoms with van der Waals surface area (Å²) in [5.41, 5.74) is 1.43. The Hall–Kier alpha value is -3.64. The SMILES string of the molecule is O=C(NC(=S)Nc1ccc(Oc2ccc(NC(=S)NC(=O)c3cccs3)cc2)cc1)c1cccs1. The molecule has 2 heterocycles. The number of carbonyl (C=O) groups is 2. The third-order valence-corrected chi connectivity index (χ3v) is 6.55. The van der Waals surface area contributed by atoms with Gasteiger partial charge in [0.15, 0.2) is 10.2 Å². The molecule has 0 bridgehead atoms. The van der Waals surface area contributed by atoms with Crippen LogP contribution < -0.4 is 26.0 Å². The van der Waals surface area contributed by atoms with E-state index in [0.717, 1.165) is 0 Å². The van der Waals surface area contributed by atoms with Crippen molar-refractivity contribution in [3.63, 3.8) is 0 Å². The van der Waals surface area contributed by atoms with E-state index < -0.39 is 0 Å². The van der Waals surface area contributed by atoms with Gasteiger partial charge in [-0.25, -0.2) is 0 Å². The molecule has 0 aliphatic carbocycles. The first-order chi connectivity index (χ1) is 17.0. The second-order valence-electron chi connectivity index (χ2n) is 6.92. The van der Waals surface area contributed by atoms with Crippen LogP contribution in [0.5, 0.6) is 11.5 Å². The standard InChI is InChI=1S/C24H18N4O3S4/c29-21(19-3-1-13-34-19)27-23(32)25-15-5-9-17(10-6-15)31-18-11-7-16(8-12-18)26-24(33)28-22(30)20-4-2-14-35-20/h1-14H,(H2,25,27,29,32)(H2,26,28,30,33). The molecular weight excluding hydrogens is 521 g/mol. The highest BCUT2D eigenvalue weighted by Gasteiger charge is 2.10. The summed E-state index contributed by atoms with van der Waals surface area (Å²) in [4.78, 5) is 25.3. The van der Waals surface area contributed by atoms with Crippen molar-refractivity contribution in [2.45, 2.75) is 0 Å². The van der Waals surface area contributed by atoms with Gasteiger partial charge < -0.3 is 15.4 Å². The highest BCUT2D eigenvalue weighted by molar-refractivity contribution is 7.80. The normalized spacial score (nSPS) is 10.2. The van der Waals surface area contributed by atoms with Gasteiger partial charge in [0, 0.05) is 11.4 Å². The summed E-state index contributed by atoms with van der Waals surface area (Å²) in [6.45, 7) is 0. The lowest BCUT2D eigenvalue weighted by Crippen LogP contribution is -2.33. The molecule has 0 radical (unpaired) electrons. The van der Waals surface area contributed by atoms with Crippen molar-refractivity contribution >= 4 is 80.5 Å². The molecule has 4 N–H and O–H groups in total. The maximum Gasteiger partial charge on any atom is 0.267 e. The number of hydrogen-bond acceptors (Lipinski definition) is 7. The molecule has 4 aromatic rings. The van der Waals surface area contributed by atoms with E-state index in [4.69, 9.17) is 29.2 Å². The Labute approximate surface area is 220 Å². The van der Waals surface area contributed by atoms with Crippen molar-refractivity contribution in [3.05, 3.63) is 93.3 Å². The highest BCUT2D eigenvalue weighted by Crippen LogP contribution is 2.24. The number of nitrogens with one attached hydrogen (secondary N) is 4. The van der Waals surface area contributed by atoms with Crippen molar-refractivity contribution in [2.24, 2.45) is 0 Å². The van der Waals surface area contributed by atoms with Crippen LogP contribution in [-0.2, 0) is 0 Å². The van der Waals surface area contributed by atoms with Gasteiger partial charge in [0.1, 0.15) is 11.5 Å². The van der Waals surface area contributed by atoms with E-state index in [0.29, 0.717) is 32.6 Å². The molecule has 7 nitrogen and oxygen atoms in total. The smallest absolute Gasteiger partial charge is 0.267 e. The first kappa shape index (κ1) is 24.5. The highest BCUT2D eigenvalue weighted by atomic mass is 32.1. The number of rotatable bonds is 6. The van der Waals surface area contributed by atoms with Gasteiger partial charge in [-0.2, -0.15) is 0 Å². The van der Waals surface area contributed by atoms with Crippen LogP contribution in [0.4, 0.5) is 11.4 Å². The molecular formula is C24H18N4O3S4. The Morgan fingerprint density at radius 3 is 1.37 bits per heavy atom. The Bertz CT molecular complexity index is 1220. The zero-order chi connectivity index (χ0) is 24.6. The van der Waals surface area contributed by atoms with Gasteiger partial charge in [0.2, 0.25) is 0 Å². The lowest BCUT2D eigenvalue weighted by molar-refractivity contribution is 0.0973. The maximum atomic E-state index is 12.1. The fourth-order valence-corrected chi connectivity index (χ4v) is 4.48. The molecule has 0 unspecified atom stereocenters. The summed E-state index contributed by atoms with van der Waals surface area (Å²) < 4.78 is 5.87. The minimum Gasteiger partial charge on any atom is -0.457 e. The zero-order valence-electron chi connectivity index (χ0n) is 17.9. The predicted molar refractivity (Wildman–Crippen MR) is 149 cm³/mol. The largest absolute Gasteiger partial charge is 0.457 e. The summed E-state index contributed by atoms with van der Waals surface area (Å²) in [6, 6.07) is 21.4. The van der Waals surface area contributed by atoms with Crippen LogP contribution in [-0.4, -0.2) is 22.0 Å². The molecule has 0 aliphatic heterocycles. The summed E-state index contributed by atoms with van der Waals surface area (Å²) in [7, 11) is 0. The van der Waals surface area contributed by atoms with Crippen LogP contribution in [0.2, 0.25) is 0 Å². The fraction of sp³-hybridized carbons (Fsp3) is 0. The number of benzene rings is 2. The molecule has 11 heteroatoms. The zero-order valence-corrected chi connectivity index (χ0v) is 21.2. The van der Waals surface area contributed by atoms with Gasteiger partial charge in [-0.3, -0.25) is 20.2 Å². The number of thiophene rings is 2. The molecule has 0 spiro atoms. The fourth-order valence-electron chi connectivity index (χ4n) is 2.82. The molecule has 0 saturated carbocycles. The van der Waals surface area contributed by atoms with Crippen molar-refractivity contribution in [3.8, 4) is 11.5 Å². The van der Waals surface area contributed by atoms with Gasteiger partial charge in [-0.05, 0) is 95.9 Å². The molecule has 2 aromatic carbocycles. The monoisotopic (exact) mass is 538 g/mol. The summed E-state index contributed by atoms with van der Waals surface area (Å²) in [5, 5.41) is 15.3. The second-order valence-corrected chi connectivity index (χ2v) is 9.63. The van der Waals surface area contributed by atoms with E-state index in [9.17, 15) is 9.59 Å². The molecule has 0 aliphatic rings. The van der Waals surface area contributed by atoms with E-state index in [2.05, 4.69) is 21.3 Å². The first-order valence-corrected chi connectivity index (χ1v) is 12.7. The minimum atomic E-state index is -0.249. The Balaban J connectivity index is 1.25. The summed E-state index contributed by atoms with van der Waals surface area (Å²) >= 11 is 13.1. The van der Waals surface area contributed by atoms with Crippen LogP contribution >= 0.6 is 47.1 Å². The number of amides is 2. The van der Waals surface area contributed by atoms with Crippen molar-refractivity contribution in [1.29, 1.82) is 0 Å². The van der Waals surface area contributed by atoms with E-state index in [1.807, 2.05) is 10.8 Å². The van der Waals surface area contributed by atoms with Gasteiger partial charge >= 0.3 is 0 Å². The quantitative estimate of drug-likeness (QED) is 0.229. The molecule has 2 amide bonds. The van der Waals surface area contributed by atoms with E-state index in [1.165, 1.54) is 22.7 Å². The Kier molecular flexibility index (Phi) is 8.16. The molecule has 0 saturated heterocycles. The van der Waals surface area contributed by atoms with Gasteiger partial charge in [0.05, 0.1) is 9.75 Å². The number of thiocarbonyl (C=S) groups is 2. The van der Waals surface area contributed by atoms with Crippen molar-refractivity contribution < 1.29 is 14.3 Å². The average molecular weight is 539 g/mol. The second kappa shape index (κ2) is 11.7. The average Bonchev–Trinajstić information content (AvgIpc) is 3.56. The molecule has 0 atom stereocenters. The molecule has 176 valence electrons. The first-order valence-electron chi connectivity index (χ1n) is 10.2. The summed E-state index contributed by atoms with van der Waals surface area (Å²) in [5.74, 6) is 0.758. The topological polar surface area (TPSA) is 91.5 Å². The molecule has 0 fully saturated rings. The number of carbonyl (C=O) groups excluding carboxylic acids is 2. The van der Waals surface area contributed by atoms with Crippen LogP contribution in [0, 0.1) is 0 Å².